The molecule has 1 saturated carbocycles. The molecule has 14 heteroatoms. The average molecular weight is 545 g/mol. The highest BCUT2D eigenvalue weighted by Gasteiger charge is 2.61. The van der Waals surface area contributed by atoms with E-state index in [-0.39, 0.29) is 13.0 Å². The van der Waals surface area contributed by atoms with Crippen molar-refractivity contribution in [3.63, 3.8) is 0 Å². The fourth-order valence-corrected chi connectivity index (χ4v) is 5.90. The van der Waals surface area contributed by atoms with Crippen LogP contribution in [-0.4, -0.2) is 124 Å². The molecule has 1 aliphatic carbocycles. The standard InChI is InChI=1S/C24H40N4O10/c1-35-10-4-2-9(3-5-10)24(34)14(27)6-11(26)17(30)15(24)22-20(33)21(13(8-29)36-22)38-23-16(28)19(32)18(31)12(7-25)37-23/h2-5,11-23,29-34H,6-8,25-28H2,1H3/t11-,12+,13-,14+,15+,16-,17+,18-,19-,20-,21-,22+,23-,24+/m1/s1. The highest BCUT2D eigenvalue weighted by molar-refractivity contribution is 5.34. The lowest BCUT2D eigenvalue weighted by Gasteiger charge is -2.51. The number of aliphatic hydroxyl groups is 6. The van der Waals surface area contributed by atoms with Crippen LogP contribution in [0.15, 0.2) is 24.3 Å². The number of aliphatic hydroxyl groups excluding tert-OH is 5. The lowest BCUT2D eigenvalue weighted by molar-refractivity contribution is -0.279. The molecule has 1 aromatic rings. The molecule has 216 valence electrons. The molecule has 3 aliphatic rings. The van der Waals surface area contributed by atoms with Gasteiger partial charge in [-0.1, -0.05) is 12.1 Å². The van der Waals surface area contributed by atoms with Gasteiger partial charge in [-0.15, -0.1) is 0 Å². The van der Waals surface area contributed by atoms with Gasteiger partial charge in [0.05, 0.1) is 32.0 Å². The van der Waals surface area contributed by atoms with Crippen molar-refractivity contribution < 1.29 is 49.6 Å². The van der Waals surface area contributed by atoms with E-state index in [0.29, 0.717) is 11.3 Å². The number of benzene rings is 1. The Hall–Kier alpha value is -1.50. The maximum Gasteiger partial charge on any atom is 0.176 e. The van der Waals surface area contributed by atoms with Gasteiger partial charge in [0, 0.05) is 24.5 Å². The van der Waals surface area contributed by atoms with E-state index in [2.05, 4.69) is 0 Å². The van der Waals surface area contributed by atoms with Crippen molar-refractivity contribution in [1.82, 2.24) is 0 Å². The minimum absolute atomic E-state index is 0.0812. The molecule has 4 rings (SSSR count). The lowest BCUT2D eigenvalue weighted by atomic mass is 9.63. The fraction of sp³-hybridized carbons (Fsp3) is 0.750. The third-order valence-electron chi connectivity index (χ3n) is 8.14. The van der Waals surface area contributed by atoms with E-state index >= 15 is 0 Å². The second-order valence-corrected chi connectivity index (χ2v) is 10.3. The van der Waals surface area contributed by atoms with Gasteiger partial charge in [0.1, 0.15) is 48.0 Å². The molecule has 0 aromatic heterocycles. The van der Waals surface area contributed by atoms with Gasteiger partial charge in [0.25, 0.3) is 0 Å². The largest absolute Gasteiger partial charge is 0.497 e. The first-order valence-corrected chi connectivity index (χ1v) is 12.6. The highest BCUT2D eigenvalue weighted by atomic mass is 16.7. The van der Waals surface area contributed by atoms with Gasteiger partial charge in [0.15, 0.2) is 6.29 Å². The van der Waals surface area contributed by atoms with Gasteiger partial charge in [0.2, 0.25) is 0 Å². The summed E-state index contributed by atoms with van der Waals surface area (Å²) in [7, 11) is 1.50. The molecule has 0 bridgehead atoms. The van der Waals surface area contributed by atoms with Gasteiger partial charge in [-0.25, -0.2) is 0 Å². The molecule has 38 heavy (non-hydrogen) atoms. The Morgan fingerprint density at radius 2 is 1.61 bits per heavy atom. The minimum Gasteiger partial charge on any atom is -0.497 e. The number of rotatable bonds is 7. The molecule has 2 saturated heterocycles. The first-order valence-electron chi connectivity index (χ1n) is 12.6. The summed E-state index contributed by atoms with van der Waals surface area (Å²) in [4.78, 5) is 0. The summed E-state index contributed by atoms with van der Waals surface area (Å²) >= 11 is 0. The van der Waals surface area contributed by atoms with Gasteiger partial charge in [-0.3, -0.25) is 0 Å². The third-order valence-corrected chi connectivity index (χ3v) is 8.14. The van der Waals surface area contributed by atoms with Crippen molar-refractivity contribution in [2.75, 3.05) is 20.3 Å². The lowest BCUT2D eigenvalue weighted by Crippen LogP contribution is -2.68. The van der Waals surface area contributed by atoms with Crippen LogP contribution in [0.25, 0.3) is 0 Å². The molecule has 14 atom stereocenters. The Bertz CT molecular complexity index is 928. The normalized spacial score (nSPS) is 47.7. The number of nitrogens with two attached hydrogens (primary N) is 4. The second-order valence-electron chi connectivity index (χ2n) is 10.3. The first kappa shape index (κ1) is 29.5. The molecule has 1 aromatic carbocycles. The summed E-state index contributed by atoms with van der Waals surface area (Å²) in [6.45, 7) is -0.743. The SMILES string of the molecule is COc1ccc([C@@]2(O)[C@H]([C@@H]3O[C@H](CO)[C@@H](O[C@H]4O[C@@H](CN)[C@@H](O)[C@H](O)[C@H]4N)[C@H]3O)[C@@H](O)[C@H](N)C[C@@H]2N)cc1. The maximum atomic E-state index is 12.0. The van der Waals surface area contributed by atoms with Crippen LogP contribution in [0.2, 0.25) is 0 Å². The van der Waals surface area contributed by atoms with Crippen molar-refractivity contribution in [2.45, 2.75) is 85.3 Å². The summed E-state index contributed by atoms with van der Waals surface area (Å²) in [5.41, 5.74) is 22.7. The van der Waals surface area contributed by atoms with Crippen molar-refractivity contribution in [3.8, 4) is 5.75 Å². The van der Waals surface area contributed by atoms with Crippen molar-refractivity contribution in [3.05, 3.63) is 29.8 Å². The summed E-state index contributed by atoms with van der Waals surface area (Å²) in [6, 6.07) is 3.46. The summed E-state index contributed by atoms with van der Waals surface area (Å²) in [6.07, 6.45) is -11.6. The molecule has 0 amide bonds. The predicted molar refractivity (Wildman–Crippen MR) is 131 cm³/mol. The van der Waals surface area contributed by atoms with Crippen LogP contribution in [0, 0.1) is 5.92 Å². The van der Waals surface area contributed by atoms with E-state index < -0.39 is 91.4 Å². The van der Waals surface area contributed by atoms with Gasteiger partial charge >= 0.3 is 0 Å². The molecule has 14 N–H and O–H groups in total. The topological polar surface area (TPSA) is 262 Å². The van der Waals surface area contributed by atoms with Crippen LogP contribution in [0.4, 0.5) is 0 Å². The number of hydrogen-bond donors (Lipinski definition) is 10. The number of methoxy groups -OCH3 is 1. The Kier molecular flexibility index (Phi) is 8.96. The highest BCUT2D eigenvalue weighted by Crippen LogP contribution is 2.47. The molecule has 2 aliphatic heterocycles. The molecule has 14 nitrogen and oxygen atoms in total. The van der Waals surface area contributed by atoms with Crippen LogP contribution in [0.1, 0.15) is 12.0 Å². The van der Waals surface area contributed by atoms with E-state index in [1.54, 1.807) is 24.3 Å². The molecular weight excluding hydrogens is 504 g/mol. The van der Waals surface area contributed by atoms with Gasteiger partial charge < -0.3 is 72.5 Å². The molecular formula is C24H40N4O10. The number of hydrogen-bond acceptors (Lipinski definition) is 14. The summed E-state index contributed by atoms with van der Waals surface area (Å²) in [5, 5.41) is 65.1. The van der Waals surface area contributed by atoms with E-state index in [0.717, 1.165) is 0 Å². The van der Waals surface area contributed by atoms with E-state index in [1.807, 2.05) is 0 Å². The van der Waals surface area contributed by atoms with Crippen LogP contribution in [0.3, 0.4) is 0 Å². The molecule has 0 radical (unpaired) electrons. The zero-order valence-corrected chi connectivity index (χ0v) is 21.1. The quantitative estimate of drug-likeness (QED) is 0.154. The summed E-state index contributed by atoms with van der Waals surface area (Å²) < 4.78 is 22.7. The zero-order valence-electron chi connectivity index (χ0n) is 21.1. The third kappa shape index (κ3) is 4.94. The van der Waals surface area contributed by atoms with E-state index in [4.69, 9.17) is 41.9 Å². The second kappa shape index (κ2) is 11.5. The average Bonchev–Trinajstić information content (AvgIpc) is 3.22. The van der Waals surface area contributed by atoms with Crippen LogP contribution < -0.4 is 27.7 Å². The van der Waals surface area contributed by atoms with Crippen LogP contribution >= 0.6 is 0 Å². The summed E-state index contributed by atoms with van der Waals surface area (Å²) in [5.74, 6) is -0.703. The molecule has 0 unspecified atom stereocenters. The Labute approximate surface area is 220 Å². The van der Waals surface area contributed by atoms with Crippen molar-refractivity contribution >= 4 is 0 Å². The first-order chi connectivity index (χ1) is 18.0. The Balaban J connectivity index is 1.65. The smallest absolute Gasteiger partial charge is 0.176 e. The molecule has 0 spiro atoms. The van der Waals surface area contributed by atoms with Gasteiger partial charge in [-0.2, -0.15) is 0 Å². The maximum absolute atomic E-state index is 12.0. The van der Waals surface area contributed by atoms with E-state index in [1.165, 1.54) is 7.11 Å². The monoisotopic (exact) mass is 544 g/mol. The van der Waals surface area contributed by atoms with Crippen molar-refractivity contribution in [2.24, 2.45) is 28.9 Å². The number of ether oxygens (including phenoxy) is 4. The van der Waals surface area contributed by atoms with Gasteiger partial charge in [-0.05, 0) is 24.1 Å². The van der Waals surface area contributed by atoms with Crippen molar-refractivity contribution in [1.29, 1.82) is 0 Å². The predicted octanol–water partition coefficient (Wildman–Crippen LogP) is -4.84. The molecule has 2 heterocycles. The Morgan fingerprint density at radius 3 is 2.18 bits per heavy atom. The molecule has 3 fully saturated rings. The zero-order chi connectivity index (χ0) is 27.9. The minimum atomic E-state index is -1.90. The fourth-order valence-electron chi connectivity index (χ4n) is 5.90. The van der Waals surface area contributed by atoms with Crippen LogP contribution in [-0.2, 0) is 19.8 Å². The Morgan fingerprint density at radius 1 is 0.947 bits per heavy atom. The van der Waals surface area contributed by atoms with Crippen LogP contribution in [0.5, 0.6) is 5.75 Å². The van der Waals surface area contributed by atoms with E-state index in [9.17, 15) is 30.6 Å².